The normalized spacial score (nSPS) is 45.1. The van der Waals surface area contributed by atoms with E-state index in [1.165, 1.54) is 6.42 Å². The van der Waals surface area contributed by atoms with Crippen molar-refractivity contribution in [3.8, 4) is 0 Å². The Morgan fingerprint density at radius 1 is 1.10 bits per heavy atom. The molecule has 2 aliphatic rings. The summed E-state index contributed by atoms with van der Waals surface area (Å²) in [6.45, 7) is 0. The van der Waals surface area contributed by atoms with Crippen LogP contribution in [0.15, 0.2) is 0 Å². The molecule has 0 aliphatic heterocycles. The summed E-state index contributed by atoms with van der Waals surface area (Å²) in [5.74, 6) is 1.40. The zero-order valence-electron chi connectivity index (χ0n) is 5.66. The van der Waals surface area contributed by atoms with Crippen molar-refractivity contribution in [1.29, 1.82) is 0 Å². The van der Waals surface area contributed by atoms with Crippen molar-refractivity contribution in [2.24, 2.45) is 17.0 Å². The first-order valence-corrected chi connectivity index (χ1v) is 5.20. The van der Waals surface area contributed by atoms with Gasteiger partial charge in [-0.15, -0.1) is 0 Å². The maximum Gasteiger partial charge on any atom is 0.211 e. The molecule has 58 valence electrons. The summed E-state index contributed by atoms with van der Waals surface area (Å²) in [4.78, 5) is 0. The molecule has 0 aromatic heterocycles. The van der Waals surface area contributed by atoms with Gasteiger partial charge in [0, 0.05) is 0 Å². The van der Waals surface area contributed by atoms with Crippen LogP contribution in [0.4, 0.5) is 0 Å². The van der Waals surface area contributed by atoms with E-state index in [0.717, 1.165) is 12.8 Å². The first kappa shape index (κ1) is 6.61. The number of primary sulfonamides is 1. The van der Waals surface area contributed by atoms with Crippen LogP contribution in [0.3, 0.4) is 0 Å². The number of sulfonamides is 1. The van der Waals surface area contributed by atoms with Gasteiger partial charge in [-0.1, -0.05) is 0 Å². The van der Waals surface area contributed by atoms with Crippen LogP contribution < -0.4 is 5.14 Å². The fraction of sp³-hybridized carbons (Fsp3) is 1.00. The van der Waals surface area contributed by atoms with E-state index in [9.17, 15) is 8.42 Å². The van der Waals surface area contributed by atoms with E-state index in [1.807, 2.05) is 0 Å². The highest BCUT2D eigenvalue weighted by molar-refractivity contribution is 7.89. The number of rotatable bonds is 1. The predicted molar refractivity (Wildman–Crippen MR) is 37.7 cm³/mol. The molecule has 0 spiro atoms. The minimum Gasteiger partial charge on any atom is -0.228 e. The van der Waals surface area contributed by atoms with Crippen molar-refractivity contribution in [3.63, 3.8) is 0 Å². The second-order valence-corrected chi connectivity index (χ2v) is 5.28. The van der Waals surface area contributed by atoms with Crippen molar-refractivity contribution in [2.75, 3.05) is 0 Å². The largest absolute Gasteiger partial charge is 0.228 e. The molecule has 0 heterocycles. The molecule has 4 heteroatoms. The molecule has 2 saturated carbocycles. The van der Waals surface area contributed by atoms with E-state index < -0.39 is 10.0 Å². The Morgan fingerprint density at radius 3 is 1.90 bits per heavy atom. The molecule has 0 amide bonds. The quantitative estimate of drug-likeness (QED) is 0.591. The highest BCUT2D eigenvalue weighted by atomic mass is 32.2. The number of hydrogen-bond donors (Lipinski definition) is 1. The molecule has 2 atom stereocenters. The smallest absolute Gasteiger partial charge is 0.211 e. The van der Waals surface area contributed by atoms with Crippen molar-refractivity contribution in [1.82, 2.24) is 0 Å². The summed E-state index contributed by atoms with van der Waals surface area (Å²) in [6, 6.07) is 0. The van der Waals surface area contributed by atoms with Gasteiger partial charge in [0.1, 0.15) is 0 Å². The Hall–Kier alpha value is -0.0900. The molecule has 2 unspecified atom stereocenters. The number of nitrogens with two attached hydrogens (primary N) is 1. The van der Waals surface area contributed by atoms with Crippen LogP contribution in [-0.4, -0.2) is 13.7 Å². The maximum atomic E-state index is 10.8. The monoisotopic (exact) mass is 161 g/mol. The minimum atomic E-state index is -3.21. The third kappa shape index (κ3) is 0.953. The molecule has 0 bridgehead atoms. The molecule has 2 N–H and O–H groups in total. The molecule has 2 rings (SSSR count). The number of hydrogen-bond acceptors (Lipinski definition) is 2. The van der Waals surface area contributed by atoms with Gasteiger partial charge in [-0.2, -0.15) is 0 Å². The van der Waals surface area contributed by atoms with Gasteiger partial charge in [-0.25, -0.2) is 13.6 Å². The predicted octanol–water partition coefficient (Wildman–Crippen LogP) is 0.0734. The molecule has 0 aromatic carbocycles. The van der Waals surface area contributed by atoms with Gasteiger partial charge in [-0.3, -0.25) is 0 Å². The zero-order valence-corrected chi connectivity index (χ0v) is 6.47. The Labute approximate surface area is 60.7 Å². The van der Waals surface area contributed by atoms with Gasteiger partial charge in [0.05, 0.1) is 5.25 Å². The van der Waals surface area contributed by atoms with Gasteiger partial charge in [-0.05, 0) is 31.1 Å². The van der Waals surface area contributed by atoms with Crippen LogP contribution in [0.25, 0.3) is 0 Å². The van der Waals surface area contributed by atoms with E-state index in [2.05, 4.69) is 0 Å². The minimum absolute atomic E-state index is 0.212. The molecular formula is C6H11NO2S. The van der Waals surface area contributed by atoms with Crippen LogP contribution in [0.2, 0.25) is 0 Å². The highest BCUT2D eigenvalue weighted by Crippen LogP contribution is 2.53. The van der Waals surface area contributed by atoms with Crippen molar-refractivity contribution >= 4 is 10.0 Å². The average Bonchev–Trinajstić information content (AvgIpc) is 2.38. The Morgan fingerprint density at radius 2 is 1.60 bits per heavy atom. The molecule has 0 radical (unpaired) electrons. The summed E-state index contributed by atoms with van der Waals surface area (Å²) in [5, 5.41) is 4.78. The van der Waals surface area contributed by atoms with Gasteiger partial charge in [0.15, 0.2) is 0 Å². The van der Waals surface area contributed by atoms with E-state index in [4.69, 9.17) is 5.14 Å². The highest BCUT2D eigenvalue weighted by Gasteiger charge is 2.49. The summed E-state index contributed by atoms with van der Waals surface area (Å²) >= 11 is 0. The van der Waals surface area contributed by atoms with E-state index in [1.54, 1.807) is 0 Å². The van der Waals surface area contributed by atoms with Gasteiger partial charge in [0.25, 0.3) is 0 Å². The topological polar surface area (TPSA) is 60.2 Å². The van der Waals surface area contributed by atoms with Crippen LogP contribution in [0.1, 0.15) is 19.3 Å². The molecular weight excluding hydrogens is 150 g/mol. The molecule has 10 heavy (non-hydrogen) atoms. The first-order valence-electron chi connectivity index (χ1n) is 3.59. The van der Waals surface area contributed by atoms with Crippen LogP contribution in [-0.2, 0) is 10.0 Å². The second kappa shape index (κ2) is 1.74. The third-order valence-corrected chi connectivity index (χ3v) is 3.98. The Balaban J connectivity index is 2.10. The Bertz CT molecular complexity index is 236. The molecule has 3 nitrogen and oxygen atoms in total. The molecule has 2 aliphatic carbocycles. The standard InChI is InChI=1S/C6H11NO2S/c7-10(8,9)6-2-4-1-5(4)3-6/h4-6H,1-3H2,(H2,7,8,9). The number of fused-ring (bicyclic) bond motifs is 1. The van der Waals surface area contributed by atoms with Crippen LogP contribution >= 0.6 is 0 Å². The summed E-state index contributed by atoms with van der Waals surface area (Å²) in [5.41, 5.74) is 0. The lowest BCUT2D eigenvalue weighted by Gasteiger charge is -2.06. The summed E-state index contributed by atoms with van der Waals surface area (Å²) < 4.78 is 21.6. The van der Waals surface area contributed by atoms with Crippen molar-refractivity contribution in [2.45, 2.75) is 24.5 Å². The van der Waals surface area contributed by atoms with Gasteiger partial charge >= 0.3 is 0 Å². The SMILES string of the molecule is NS(=O)(=O)C1CC2CC2C1. The fourth-order valence-corrected chi connectivity index (χ4v) is 2.96. The van der Waals surface area contributed by atoms with Gasteiger partial charge < -0.3 is 0 Å². The summed E-state index contributed by atoms with van der Waals surface area (Å²) in [6.07, 6.45) is 2.89. The van der Waals surface area contributed by atoms with Gasteiger partial charge in [0.2, 0.25) is 10.0 Å². The van der Waals surface area contributed by atoms with Crippen LogP contribution in [0, 0.1) is 11.8 Å². The first-order chi connectivity index (χ1) is 4.57. The lowest BCUT2D eigenvalue weighted by atomic mass is 10.2. The molecule has 2 fully saturated rings. The van der Waals surface area contributed by atoms with E-state index in [-0.39, 0.29) is 5.25 Å². The third-order valence-electron chi connectivity index (χ3n) is 2.66. The van der Waals surface area contributed by atoms with Crippen molar-refractivity contribution < 1.29 is 8.42 Å². The lowest BCUT2D eigenvalue weighted by Crippen LogP contribution is -2.26. The van der Waals surface area contributed by atoms with Crippen molar-refractivity contribution in [3.05, 3.63) is 0 Å². The molecule has 0 aromatic rings. The summed E-state index contributed by atoms with van der Waals surface area (Å²) in [7, 11) is -3.21. The van der Waals surface area contributed by atoms with Crippen LogP contribution in [0.5, 0.6) is 0 Å². The van der Waals surface area contributed by atoms with E-state index in [0.29, 0.717) is 11.8 Å². The second-order valence-electron chi connectivity index (χ2n) is 3.44. The fourth-order valence-electron chi connectivity index (χ4n) is 1.93. The zero-order chi connectivity index (χ0) is 7.35. The lowest BCUT2D eigenvalue weighted by molar-refractivity contribution is 0.571. The van der Waals surface area contributed by atoms with E-state index >= 15 is 0 Å². The molecule has 0 saturated heterocycles. The Kier molecular flexibility index (Phi) is 1.15. The maximum absolute atomic E-state index is 10.8. The average molecular weight is 161 g/mol.